The van der Waals surface area contributed by atoms with Gasteiger partial charge >= 0.3 is 5.97 Å². The summed E-state index contributed by atoms with van der Waals surface area (Å²) in [5, 5.41) is 8.96. The fourth-order valence-electron chi connectivity index (χ4n) is 2.21. The van der Waals surface area contributed by atoms with Gasteiger partial charge in [-0.25, -0.2) is 0 Å². The summed E-state index contributed by atoms with van der Waals surface area (Å²) in [6, 6.07) is 5.65. The molecule has 1 aromatic carbocycles. The smallest absolute Gasteiger partial charge is 0.323 e. The predicted molar refractivity (Wildman–Crippen MR) is 68.9 cm³/mol. The van der Waals surface area contributed by atoms with E-state index in [9.17, 15) is 4.79 Å². The molecule has 0 aliphatic carbocycles. The Hall–Kier alpha value is -1.75. The van der Waals surface area contributed by atoms with Crippen LogP contribution in [0.4, 0.5) is 5.69 Å². The number of nitrogens with zero attached hydrogens (tertiary/aromatic N) is 1. The molecule has 0 aromatic heterocycles. The van der Waals surface area contributed by atoms with Crippen molar-refractivity contribution < 1.29 is 14.6 Å². The van der Waals surface area contributed by atoms with Gasteiger partial charge < -0.3 is 20.5 Å². The average Bonchev–Trinajstić information content (AvgIpc) is 2.25. The van der Waals surface area contributed by atoms with E-state index in [-0.39, 0.29) is 6.54 Å². The zero-order valence-corrected chi connectivity index (χ0v) is 10.6. The number of anilines is 1. The van der Waals surface area contributed by atoms with Gasteiger partial charge in [0, 0.05) is 6.54 Å². The number of carbonyl (C=O) groups is 1. The van der Waals surface area contributed by atoms with E-state index in [0.717, 1.165) is 11.3 Å². The van der Waals surface area contributed by atoms with Gasteiger partial charge in [0.15, 0.2) is 0 Å². The van der Waals surface area contributed by atoms with Gasteiger partial charge in [-0.05, 0) is 31.5 Å². The van der Waals surface area contributed by atoms with Crippen molar-refractivity contribution in [2.24, 2.45) is 5.73 Å². The first-order chi connectivity index (χ1) is 8.41. The van der Waals surface area contributed by atoms with Gasteiger partial charge in [-0.15, -0.1) is 0 Å². The zero-order chi connectivity index (χ0) is 13.3. The summed E-state index contributed by atoms with van der Waals surface area (Å²) in [4.78, 5) is 12.7. The molecule has 98 valence electrons. The average molecular weight is 250 g/mol. The van der Waals surface area contributed by atoms with Crippen LogP contribution in [-0.4, -0.2) is 29.8 Å². The number of nitrogens with two attached hydrogens (primary N) is 1. The highest BCUT2D eigenvalue weighted by Gasteiger charge is 2.32. The number of ether oxygens (including phenoxy) is 1. The van der Waals surface area contributed by atoms with E-state index in [0.29, 0.717) is 18.8 Å². The molecule has 0 saturated carbocycles. The molecular weight excluding hydrogens is 232 g/mol. The highest BCUT2D eigenvalue weighted by Crippen LogP contribution is 2.37. The standard InChI is InChI=1S/C13H18N2O3/c1-13(2)8-15(7-12(16)17)10-4-3-9(6-14)5-11(10)18-13/h3-5H,6-8,14H2,1-2H3,(H,16,17). The van der Waals surface area contributed by atoms with Gasteiger partial charge in [-0.1, -0.05) is 6.07 Å². The summed E-state index contributed by atoms with van der Waals surface area (Å²) < 4.78 is 5.88. The van der Waals surface area contributed by atoms with Gasteiger partial charge in [-0.2, -0.15) is 0 Å². The number of benzene rings is 1. The lowest BCUT2D eigenvalue weighted by atomic mass is 10.0. The fourth-order valence-corrected chi connectivity index (χ4v) is 2.21. The molecule has 0 fully saturated rings. The van der Waals surface area contributed by atoms with Gasteiger partial charge in [0.05, 0.1) is 12.2 Å². The summed E-state index contributed by atoms with van der Waals surface area (Å²) in [5.41, 5.74) is 6.98. The van der Waals surface area contributed by atoms with Gasteiger partial charge in [0.2, 0.25) is 0 Å². The molecule has 2 rings (SSSR count). The third-order valence-electron chi connectivity index (χ3n) is 2.88. The second-order valence-corrected chi connectivity index (χ2v) is 5.12. The number of carboxylic acid groups (broad SMARTS) is 1. The van der Waals surface area contributed by atoms with E-state index in [1.54, 1.807) is 0 Å². The Morgan fingerprint density at radius 1 is 1.56 bits per heavy atom. The van der Waals surface area contributed by atoms with Gasteiger partial charge in [0.25, 0.3) is 0 Å². The summed E-state index contributed by atoms with van der Waals surface area (Å²) >= 11 is 0. The minimum absolute atomic E-state index is 0.0260. The zero-order valence-electron chi connectivity index (χ0n) is 10.6. The van der Waals surface area contributed by atoms with Crippen LogP contribution in [0.5, 0.6) is 5.75 Å². The molecular formula is C13H18N2O3. The lowest BCUT2D eigenvalue weighted by Gasteiger charge is -2.40. The van der Waals surface area contributed by atoms with Crippen LogP contribution in [0, 0.1) is 0 Å². The molecule has 3 N–H and O–H groups in total. The van der Waals surface area contributed by atoms with Crippen molar-refractivity contribution in [1.29, 1.82) is 0 Å². The van der Waals surface area contributed by atoms with Gasteiger partial charge in [0.1, 0.15) is 17.9 Å². The first-order valence-corrected chi connectivity index (χ1v) is 5.90. The van der Waals surface area contributed by atoms with Crippen LogP contribution in [0.1, 0.15) is 19.4 Å². The molecule has 0 atom stereocenters. The van der Waals surface area contributed by atoms with E-state index < -0.39 is 11.6 Å². The van der Waals surface area contributed by atoms with Crippen molar-refractivity contribution in [2.75, 3.05) is 18.0 Å². The fraction of sp³-hybridized carbons (Fsp3) is 0.462. The highest BCUT2D eigenvalue weighted by molar-refractivity contribution is 5.76. The van der Waals surface area contributed by atoms with E-state index in [1.807, 2.05) is 36.9 Å². The monoisotopic (exact) mass is 250 g/mol. The normalized spacial score (nSPS) is 16.9. The summed E-state index contributed by atoms with van der Waals surface area (Å²) in [7, 11) is 0. The minimum atomic E-state index is -0.846. The number of aliphatic carboxylic acids is 1. The Kier molecular flexibility index (Phi) is 3.17. The molecule has 0 saturated heterocycles. The van der Waals surface area contributed by atoms with Crippen LogP contribution in [0.15, 0.2) is 18.2 Å². The molecule has 0 unspecified atom stereocenters. The summed E-state index contributed by atoms with van der Waals surface area (Å²) in [6.07, 6.45) is 0. The molecule has 1 aliphatic rings. The Morgan fingerprint density at radius 3 is 2.89 bits per heavy atom. The summed E-state index contributed by atoms with van der Waals surface area (Å²) in [5.74, 6) is -0.142. The predicted octanol–water partition coefficient (Wildman–Crippen LogP) is 1.21. The number of hydrogen-bond acceptors (Lipinski definition) is 4. The van der Waals surface area contributed by atoms with Crippen LogP contribution >= 0.6 is 0 Å². The van der Waals surface area contributed by atoms with Crippen molar-refractivity contribution >= 4 is 11.7 Å². The second kappa shape index (κ2) is 4.49. The molecule has 0 amide bonds. The maximum atomic E-state index is 10.9. The third kappa shape index (κ3) is 2.56. The lowest BCUT2D eigenvalue weighted by Crippen LogP contribution is -2.48. The van der Waals surface area contributed by atoms with Crippen LogP contribution in [0.3, 0.4) is 0 Å². The third-order valence-corrected chi connectivity index (χ3v) is 2.88. The van der Waals surface area contributed by atoms with Crippen molar-refractivity contribution in [3.63, 3.8) is 0 Å². The van der Waals surface area contributed by atoms with E-state index >= 15 is 0 Å². The molecule has 0 bridgehead atoms. The molecule has 1 aromatic rings. The van der Waals surface area contributed by atoms with E-state index in [4.69, 9.17) is 15.6 Å². The van der Waals surface area contributed by atoms with E-state index in [2.05, 4.69) is 0 Å². The largest absolute Gasteiger partial charge is 0.484 e. The highest BCUT2D eigenvalue weighted by atomic mass is 16.5. The van der Waals surface area contributed by atoms with E-state index in [1.165, 1.54) is 0 Å². The Bertz CT molecular complexity index is 471. The van der Waals surface area contributed by atoms with Crippen molar-refractivity contribution in [2.45, 2.75) is 26.0 Å². The van der Waals surface area contributed by atoms with Crippen LogP contribution < -0.4 is 15.4 Å². The topological polar surface area (TPSA) is 75.8 Å². The first kappa shape index (κ1) is 12.7. The minimum Gasteiger partial charge on any atom is -0.484 e. The van der Waals surface area contributed by atoms with Crippen molar-refractivity contribution in [3.8, 4) is 5.75 Å². The summed E-state index contributed by atoms with van der Waals surface area (Å²) in [6.45, 7) is 4.85. The number of hydrogen-bond donors (Lipinski definition) is 2. The SMILES string of the molecule is CC1(C)CN(CC(=O)O)c2ccc(CN)cc2O1. The number of fused-ring (bicyclic) bond motifs is 1. The molecule has 1 heterocycles. The Morgan fingerprint density at radius 2 is 2.28 bits per heavy atom. The van der Waals surface area contributed by atoms with Crippen molar-refractivity contribution in [3.05, 3.63) is 23.8 Å². The molecule has 5 nitrogen and oxygen atoms in total. The molecule has 0 spiro atoms. The molecule has 0 radical (unpaired) electrons. The Labute approximate surface area is 106 Å². The van der Waals surface area contributed by atoms with Crippen molar-refractivity contribution in [1.82, 2.24) is 0 Å². The maximum Gasteiger partial charge on any atom is 0.323 e. The van der Waals surface area contributed by atoms with Gasteiger partial charge in [-0.3, -0.25) is 4.79 Å². The van der Waals surface area contributed by atoms with Crippen LogP contribution in [0.25, 0.3) is 0 Å². The number of carboxylic acids is 1. The van der Waals surface area contributed by atoms with Crippen LogP contribution in [-0.2, 0) is 11.3 Å². The second-order valence-electron chi connectivity index (χ2n) is 5.12. The number of rotatable bonds is 3. The molecule has 5 heteroatoms. The van der Waals surface area contributed by atoms with Crippen LogP contribution in [0.2, 0.25) is 0 Å². The molecule has 1 aliphatic heterocycles. The Balaban J connectivity index is 2.39. The quantitative estimate of drug-likeness (QED) is 0.843. The molecule has 18 heavy (non-hydrogen) atoms. The lowest BCUT2D eigenvalue weighted by molar-refractivity contribution is -0.135. The maximum absolute atomic E-state index is 10.9. The first-order valence-electron chi connectivity index (χ1n) is 5.90.